The van der Waals surface area contributed by atoms with Gasteiger partial charge in [0.05, 0.1) is 51.6 Å². The minimum absolute atomic E-state index is 0.0426. The average molecular weight is 1180 g/mol. The zero-order chi connectivity index (χ0) is 58.3. The van der Waals surface area contributed by atoms with E-state index in [1.165, 1.54) is 11.5 Å². The Balaban J connectivity index is 0.000000329. The van der Waals surface area contributed by atoms with E-state index in [1.807, 2.05) is 144 Å². The summed E-state index contributed by atoms with van der Waals surface area (Å²) in [7, 11) is 0. The molecule has 6 aromatic rings. The third kappa shape index (κ3) is 21.8. The van der Waals surface area contributed by atoms with E-state index in [0.29, 0.717) is 18.0 Å². The van der Waals surface area contributed by atoms with Gasteiger partial charge < -0.3 is 18.9 Å². The fourth-order valence-corrected chi connectivity index (χ4v) is 9.71. The number of hydrogen-bond acceptors (Lipinski definition) is 10. The van der Waals surface area contributed by atoms with E-state index < -0.39 is 22.7 Å². The van der Waals surface area contributed by atoms with Crippen molar-refractivity contribution in [2.45, 2.75) is 176 Å². The van der Waals surface area contributed by atoms with Crippen LogP contribution in [0.3, 0.4) is 0 Å². The van der Waals surface area contributed by atoms with E-state index in [2.05, 4.69) is 43.8 Å². The summed E-state index contributed by atoms with van der Waals surface area (Å²) in [6.07, 6.45) is 19.9. The number of rotatable bonds is 19. The van der Waals surface area contributed by atoms with Gasteiger partial charge in [-0.15, -0.1) is 0 Å². The monoisotopic (exact) mass is 1170 g/mol. The van der Waals surface area contributed by atoms with Gasteiger partial charge in [-0.3, -0.25) is 23.7 Å². The quantitative estimate of drug-likeness (QED) is 0.0251. The van der Waals surface area contributed by atoms with E-state index >= 15 is 0 Å². The Morgan fingerprint density at radius 3 is 1.56 bits per heavy atom. The molecule has 78 heavy (non-hydrogen) atoms. The Morgan fingerprint density at radius 1 is 0.641 bits per heavy atom. The van der Waals surface area contributed by atoms with Crippen LogP contribution in [0.4, 0.5) is 9.59 Å². The van der Waals surface area contributed by atoms with Crippen LogP contribution < -0.4 is 4.57 Å². The molecule has 0 saturated carbocycles. The number of nitrogens with zero attached hydrogens (tertiary/aromatic N) is 5. The fourth-order valence-electron chi connectivity index (χ4n) is 8.32. The summed E-state index contributed by atoms with van der Waals surface area (Å²) in [5.74, 6) is -0.226. The molecule has 424 valence electrons. The molecule has 0 spiro atoms. The molecule has 2 unspecified atom stereocenters. The van der Waals surface area contributed by atoms with Crippen LogP contribution in [0.2, 0.25) is 10.0 Å². The minimum Gasteiger partial charge on any atom is -0.466 e. The van der Waals surface area contributed by atoms with Gasteiger partial charge in [-0.1, -0.05) is 108 Å². The molecule has 0 bridgehead atoms. The Morgan fingerprint density at radius 2 is 1.09 bits per heavy atom. The van der Waals surface area contributed by atoms with Gasteiger partial charge in [-0.05, 0) is 145 Å². The summed E-state index contributed by atoms with van der Waals surface area (Å²) in [4.78, 5) is 52.8. The van der Waals surface area contributed by atoms with Crippen molar-refractivity contribution in [2.24, 2.45) is 10.8 Å². The van der Waals surface area contributed by atoms with Crippen LogP contribution in [0.25, 0.3) is 21.8 Å². The fraction of sp³-hybridized carbons (Fsp3) is 0.500. The third-order valence-corrected chi connectivity index (χ3v) is 14.0. The van der Waals surface area contributed by atoms with Crippen molar-refractivity contribution < 1.29 is 42.7 Å². The summed E-state index contributed by atoms with van der Waals surface area (Å²) in [5.41, 5.74) is 1.91. The number of carbonyl (C=O) groups is 4. The highest BCUT2D eigenvalue weighted by molar-refractivity contribution is 9.09. The lowest BCUT2D eigenvalue weighted by molar-refractivity contribution is -0.713. The molecule has 0 aliphatic carbocycles. The Hall–Kier alpha value is -5.75. The van der Waals surface area contributed by atoms with Crippen LogP contribution >= 0.6 is 39.1 Å². The molecule has 6 rings (SSSR count). The zero-order valence-electron chi connectivity index (χ0n) is 48.2. The SMILES string of the molecule is CC#N.CC(C)(C)OC(=O)n1ccc2cnccc21.CCOC(=O)C(C)(C)CCCCCC(Br)c1ccccc1Cl.CCOC(=O)C(C)(C)CCCCCC(c1ccccc1Cl)[n+]1ccc2c(ccn2C(=O)OC(C)(C)C)c1. The van der Waals surface area contributed by atoms with Crippen molar-refractivity contribution in [3.63, 3.8) is 0 Å². The van der Waals surface area contributed by atoms with Crippen molar-refractivity contribution >= 4 is 85.1 Å². The van der Waals surface area contributed by atoms with Crippen LogP contribution in [0.5, 0.6) is 0 Å². The molecule has 0 aliphatic heterocycles. The third-order valence-electron chi connectivity index (χ3n) is 12.4. The molecule has 4 aromatic heterocycles. The maximum Gasteiger partial charge on any atom is 0.418 e. The van der Waals surface area contributed by atoms with E-state index in [4.69, 9.17) is 47.4 Å². The van der Waals surface area contributed by atoms with E-state index in [-0.39, 0.29) is 29.5 Å². The minimum atomic E-state index is -0.566. The number of carbonyl (C=O) groups excluding carboxylic acids is 4. The van der Waals surface area contributed by atoms with Crippen molar-refractivity contribution in [1.29, 1.82) is 5.26 Å². The topological polar surface area (TPSA) is 156 Å². The number of unbranched alkanes of at least 4 members (excludes halogenated alkanes) is 4. The van der Waals surface area contributed by atoms with Crippen molar-refractivity contribution in [3.8, 4) is 6.07 Å². The number of pyridine rings is 2. The zero-order valence-corrected chi connectivity index (χ0v) is 51.3. The first-order valence-corrected chi connectivity index (χ1v) is 28.5. The number of benzene rings is 2. The number of esters is 2. The Bertz CT molecular complexity index is 2890. The van der Waals surface area contributed by atoms with Gasteiger partial charge in [0, 0.05) is 65.0 Å². The molecule has 4 heterocycles. The van der Waals surface area contributed by atoms with Gasteiger partial charge in [-0.25, -0.2) is 9.59 Å². The number of halogens is 3. The highest BCUT2D eigenvalue weighted by atomic mass is 79.9. The molecule has 0 N–H and O–H groups in total. The van der Waals surface area contributed by atoms with Crippen LogP contribution in [-0.2, 0) is 28.5 Å². The van der Waals surface area contributed by atoms with Crippen molar-refractivity contribution in [1.82, 2.24) is 14.1 Å². The van der Waals surface area contributed by atoms with Gasteiger partial charge in [0.25, 0.3) is 0 Å². The van der Waals surface area contributed by atoms with Gasteiger partial charge in [0.2, 0.25) is 0 Å². The number of aromatic nitrogens is 4. The number of hydrogen-bond donors (Lipinski definition) is 0. The lowest BCUT2D eigenvalue weighted by Crippen LogP contribution is -2.39. The molecule has 0 fully saturated rings. The number of alkyl halides is 1. The van der Waals surface area contributed by atoms with Crippen LogP contribution in [0, 0.1) is 22.2 Å². The second-order valence-electron chi connectivity index (χ2n) is 22.2. The molecule has 0 aliphatic rings. The molecule has 2 atom stereocenters. The summed E-state index contributed by atoms with van der Waals surface area (Å²) < 4.78 is 26.4. The maximum atomic E-state index is 12.7. The second-order valence-corrected chi connectivity index (χ2v) is 24.1. The lowest BCUT2D eigenvalue weighted by Gasteiger charge is -2.22. The van der Waals surface area contributed by atoms with Crippen LogP contribution in [-0.4, -0.2) is 62.7 Å². The van der Waals surface area contributed by atoms with Crippen molar-refractivity contribution in [2.75, 3.05) is 13.2 Å². The molecule has 0 radical (unpaired) electrons. The molecule has 0 amide bonds. The summed E-state index contributed by atoms with van der Waals surface area (Å²) in [6.45, 7) is 24.9. The van der Waals surface area contributed by atoms with Crippen LogP contribution in [0.1, 0.15) is 176 Å². The van der Waals surface area contributed by atoms with Gasteiger partial charge in [0.15, 0.2) is 18.4 Å². The summed E-state index contributed by atoms with van der Waals surface area (Å²) in [5, 5.41) is 10.7. The van der Waals surface area contributed by atoms with Gasteiger partial charge in [-0.2, -0.15) is 9.83 Å². The van der Waals surface area contributed by atoms with Gasteiger partial charge >= 0.3 is 24.1 Å². The molecule has 16 heteroatoms. The smallest absolute Gasteiger partial charge is 0.418 e. The molecular weight excluding hydrogens is 1090 g/mol. The normalized spacial score (nSPS) is 12.3. The number of ether oxygens (including phenoxy) is 4. The Kier molecular flexibility index (Phi) is 27.1. The molecular formula is C62H83BrCl2N5O8+. The predicted octanol–water partition coefficient (Wildman–Crippen LogP) is 17.2. The largest absolute Gasteiger partial charge is 0.466 e. The Labute approximate surface area is 482 Å². The summed E-state index contributed by atoms with van der Waals surface area (Å²) >= 11 is 16.5. The number of fused-ring (bicyclic) bond motifs is 2. The maximum absolute atomic E-state index is 12.7. The van der Waals surface area contributed by atoms with Crippen LogP contribution in [0.15, 0.2) is 110 Å². The first-order chi connectivity index (χ1) is 36.7. The van der Waals surface area contributed by atoms with E-state index in [9.17, 15) is 19.2 Å². The first kappa shape index (κ1) is 66.5. The van der Waals surface area contributed by atoms with E-state index in [1.54, 1.807) is 41.5 Å². The van der Waals surface area contributed by atoms with Crippen molar-refractivity contribution in [3.05, 3.63) is 131 Å². The second kappa shape index (κ2) is 31.7. The lowest BCUT2D eigenvalue weighted by atomic mass is 9.86. The van der Waals surface area contributed by atoms with Gasteiger partial charge in [0.1, 0.15) is 11.2 Å². The highest BCUT2D eigenvalue weighted by Crippen LogP contribution is 2.35. The molecule has 13 nitrogen and oxygen atoms in total. The molecule has 0 saturated heterocycles. The molecule has 2 aromatic carbocycles. The standard InChI is InChI=1S/C30H40ClN2O4.C18H26BrClO2.C12H14N2O2.C2H3N/c1-7-36-27(34)30(5,6)18-12-8-9-15-26(23-13-10-11-14-24(23)31)32-19-17-25-22(21-32)16-20-33(25)28(35)37-29(2,3)4;1-4-22-17(21)18(2,3)13-9-5-6-11-15(19)14-10-7-8-12-16(14)20;1-12(2,3)16-11(15)14-7-5-9-8-13-6-4-10(9)14;1-2-3/h10-11,13-14,16-17,19-21,26H,7-9,12,15,18H2,1-6H3;7-8,10,12,15H,4-6,9,11,13H2,1-3H3;4-8H,1-3H3;1H3/q+1;;;. The number of nitriles is 1. The highest BCUT2D eigenvalue weighted by Gasteiger charge is 2.30. The average Bonchev–Trinajstić information content (AvgIpc) is 4.01. The first-order valence-electron chi connectivity index (χ1n) is 26.9. The predicted molar refractivity (Wildman–Crippen MR) is 316 cm³/mol. The van der Waals surface area contributed by atoms with E-state index in [0.717, 1.165) is 107 Å². The summed E-state index contributed by atoms with van der Waals surface area (Å²) in [6, 6.07) is 25.2.